The first-order chi connectivity index (χ1) is 10.1. The topological polar surface area (TPSA) is 61.8 Å². The second kappa shape index (κ2) is 8.86. The van der Waals surface area contributed by atoms with Crippen LogP contribution in [-0.2, 0) is 11.3 Å². The molecule has 1 aromatic carbocycles. The molecule has 0 aromatic heterocycles. The lowest BCUT2D eigenvalue weighted by atomic mass is 10.0. The van der Waals surface area contributed by atoms with Crippen molar-refractivity contribution in [2.45, 2.75) is 25.8 Å². The number of phenols is 1. The fourth-order valence-electron chi connectivity index (χ4n) is 2.66. The minimum atomic E-state index is 0. The quantitative estimate of drug-likeness (QED) is 0.840. The Morgan fingerprint density at radius 2 is 2.27 bits per heavy atom. The molecular weight excluding hydrogens is 304 g/mol. The Bertz CT molecular complexity index is 490. The predicted molar refractivity (Wildman–Crippen MR) is 88.6 cm³/mol. The van der Waals surface area contributed by atoms with E-state index < -0.39 is 0 Å². The number of amides is 1. The molecule has 0 aliphatic carbocycles. The number of nitrogens with one attached hydrogen (secondary N) is 1. The lowest BCUT2D eigenvalue weighted by Gasteiger charge is -2.19. The molecule has 1 unspecified atom stereocenters. The number of benzene rings is 1. The average molecular weight is 329 g/mol. The van der Waals surface area contributed by atoms with Crippen LogP contribution in [0.15, 0.2) is 18.2 Å². The van der Waals surface area contributed by atoms with Crippen molar-refractivity contribution in [1.29, 1.82) is 0 Å². The molecule has 0 spiro atoms. The van der Waals surface area contributed by atoms with Gasteiger partial charge in [0.1, 0.15) is 0 Å². The maximum Gasteiger partial charge on any atom is 0.222 e. The highest BCUT2D eigenvalue weighted by molar-refractivity contribution is 5.85. The van der Waals surface area contributed by atoms with E-state index in [0.29, 0.717) is 24.6 Å². The van der Waals surface area contributed by atoms with E-state index in [4.69, 9.17) is 4.74 Å². The summed E-state index contributed by atoms with van der Waals surface area (Å²) in [6.45, 7) is 2.63. The lowest BCUT2D eigenvalue weighted by molar-refractivity contribution is -0.130. The number of carbonyl (C=O) groups is 1. The summed E-state index contributed by atoms with van der Waals surface area (Å²) in [5, 5.41) is 12.9. The van der Waals surface area contributed by atoms with Gasteiger partial charge in [0.25, 0.3) is 0 Å². The number of hydrogen-bond donors (Lipinski definition) is 2. The van der Waals surface area contributed by atoms with Gasteiger partial charge >= 0.3 is 0 Å². The number of nitrogens with zero attached hydrogens (tertiary/aromatic N) is 1. The highest BCUT2D eigenvalue weighted by Crippen LogP contribution is 2.26. The highest BCUT2D eigenvalue weighted by atomic mass is 35.5. The van der Waals surface area contributed by atoms with E-state index in [1.165, 1.54) is 13.5 Å². The average Bonchev–Trinajstić information content (AvgIpc) is 3.00. The van der Waals surface area contributed by atoms with E-state index in [-0.39, 0.29) is 24.1 Å². The van der Waals surface area contributed by atoms with Gasteiger partial charge in [-0.1, -0.05) is 6.07 Å². The van der Waals surface area contributed by atoms with Crippen molar-refractivity contribution in [3.63, 3.8) is 0 Å². The first-order valence-corrected chi connectivity index (χ1v) is 7.40. The molecule has 0 radical (unpaired) electrons. The molecule has 1 fully saturated rings. The largest absolute Gasteiger partial charge is 0.504 e. The van der Waals surface area contributed by atoms with Crippen molar-refractivity contribution in [2.75, 3.05) is 27.2 Å². The molecule has 1 amide bonds. The Hall–Kier alpha value is -1.46. The van der Waals surface area contributed by atoms with Crippen LogP contribution in [0.4, 0.5) is 0 Å². The summed E-state index contributed by atoms with van der Waals surface area (Å²) in [5.74, 6) is 1.35. The zero-order valence-electron chi connectivity index (χ0n) is 13.2. The van der Waals surface area contributed by atoms with E-state index >= 15 is 0 Å². The molecule has 2 N–H and O–H groups in total. The summed E-state index contributed by atoms with van der Waals surface area (Å²) < 4.78 is 5.08. The van der Waals surface area contributed by atoms with Crippen LogP contribution >= 0.6 is 12.4 Å². The fraction of sp³-hybridized carbons (Fsp3) is 0.562. The first-order valence-electron chi connectivity index (χ1n) is 7.40. The second-order valence-electron chi connectivity index (χ2n) is 5.65. The van der Waals surface area contributed by atoms with E-state index in [2.05, 4.69) is 5.32 Å². The molecule has 5 nitrogen and oxygen atoms in total. The normalized spacial score (nSPS) is 16.9. The standard InChI is InChI=1S/C16H24N2O3.ClH/c1-18(16(20)6-4-12-7-8-17-10-12)11-13-3-5-14(19)15(9-13)21-2;/h3,5,9,12,17,19H,4,6-8,10-11H2,1-2H3;1H. The monoisotopic (exact) mass is 328 g/mol. The molecule has 1 atom stereocenters. The molecule has 124 valence electrons. The highest BCUT2D eigenvalue weighted by Gasteiger charge is 2.17. The molecule has 1 heterocycles. The molecule has 1 aliphatic heterocycles. The maximum atomic E-state index is 12.2. The second-order valence-corrected chi connectivity index (χ2v) is 5.65. The van der Waals surface area contributed by atoms with Gasteiger partial charge in [-0.05, 0) is 49.5 Å². The lowest BCUT2D eigenvalue weighted by Crippen LogP contribution is -2.26. The smallest absolute Gasteiger partial charge is 0.222 e. The Morgan fingerprint density at radius 1 is 1.50 bits per heavy atom. The minimum absolute atomic E-state index is 0. The fourth-order valence-corrected chi connectivity index (χ4v) is 2.66. The van der Waals surface area contributed by atoms with Gasteiger partial charge in [0, 0.05) is 20.0 Å². The molecule has 0 bridgehead atoms. The van der Waals surface area contributed by atoms with E-state index in [9.17, 15) is 9.90 Å². The summed E-state index contributed by atoms with van der Waals surface area (Å²) in [6, 6.07) is 5.17. The third-order valence-electron chi connectivity index (χ3n) is 4.02. The number of halogens is 1. The molecule has 2 rings (SSSR count). The third-order valence-corrected chi connectivity index (χ3v) is 4.02. The number of methoxy groups -OCH3 is 1. The number of ether oxygens (including phenoxy) is 1. The van der Waals surface area contributed by atoms with Crippen molar-refractivity contribution in [1.82, 2.24) is 10.2 Å². The van der Waals surface area contributed by atoms with Crippen LogP contribution in [0.3, 0.4) is 0 Å². The van der Waals surface area contributed by atoms with Crippen LogP contribution in [0.2, 0.25) is 0 Å². The van der Waals surface area contributed by atoms with Gasteiger partial charge in [0.15, 0.2) is 11.5 Å². The van der Waals surface area contributed by atoms with Crippen LogP contribution < -0.4 is 10.1 Å². The first kappa shape index (κ1) is 18.6. The Kier molecular flexibility index (Phi) is 7.48. The molecule has 1 aliphatic rings. The molecule has 6 heteroatoms. The van der Waals surface area contributed by atoms with Gasteiger partial charge in [0.2, 0.25) is 5.91 Å². The van der Waals surface area contributed by atoms with Gasteiger partial charge < -0.3 is 20.1 Å². The van der Waals surface area contributed by atoms with Crippen LogP contribution in [0.5, 0.6) is 11.5 Å². The van der Waals surface area contributed by atoms with Gasteiger partial charge in [-0.25, -0.2) is 0 Å². The Balaban J connectivity index is 0.00000242. The van der Waals surface area contributed by atoms with Crippen molar-refractivity contribution in [2.24, 2.45) is 5.92 Å². The van der Waals surface area contributed by atoms with Gasteiger partial charge in [-0.2, -0.15) is 0 Å². The number of rotatable bonds is 6. The number of carbonyl (C=O) groups excluding carboxylic acids is 1. The van der Waals surface area contributed by atoms with Crippen molar-refractivity contribution in [3.8, 4) is 11.5 Å². The maximum absolute atomic E-state index is 12.2. The predicted octanol–water partition coefficient (Wildman–Crippen LogP) is 2.17. The SMILES string of the molecule is COc1cc(CN(C)C(=O)CCC2CCNC2)ccc1O.Cl. The number of aromatic hydroxyl groups is 1. The Labute approximate surface area is 138 Å². The number of hydrogen-bond acceptors (Lipinski definition) is 4. The van der Waals surface area contributed by atoms with E-state index in [0.717, 1.165) is 25.1 Å². The van der Waals surface area contributed by atoms with Crippen molar-refractivity contribution in [3.05, 3.63) is 23.8 Å². The zero-order valence-corrected chi connectivity index (χ0v) is 14.0. The van der Waals surface area contributed by atoms with Gasteiger partial charge in [-0.3, -0.25) is 4.79 Å². The summed E-state index contributed by atoms with van der Waals surface area (Å²) >= 11 is 0. The van der Waals surface area contributed by atoms with Crippen molar-refractivity contribution < 1.29 is 14.6 Å². The van der Waals surface area contributed by atoms with Crippen LogP contribution in [0.1, 0.15) is 24.8 Å². The number of phenolic OH excluding ortho intramolecular Hbond substituents is 1. The molecule has 1 saturated heterocycles. The zero-order chi connectivity index (χ0) is 15.2. The molecule has 0 saturated carbocycles. The minimum Gasteiger partial charge on any atom is -0.504 e. The summed E-state index contributed by atoms with van der Waals surface area (Å²) in [7, 11) is 3.33. The molecule has 22 heavy (non-hydrogen) atoms. The van der Waals surface area contributed by atoms with Crippen LogP contribution in [0.25, 0.3) is 0 Å². The molecule has 1 aromatic rings. The van der Waals surface area contributed by atoms with E-state index in [1.807, 2.05) is 13.1 Å². The van der Waals surface area contributed by atoms with Crippen LogP contribution in [0, 0.1) is 5.92 Å². The van der Waals surface area contributed by atoms with Crippen LogP contribution in [-0.4, -0.2) is 43.2 Å². The molecular formula is C16H25ClN2O3. The van der Waals surface area contributed by atoms with Crippen molar-refractivity contribution >= 4 is 18.3 Å². The third kappa shape index (κ3) is 5.07. The van der Waals surface area contributed by atoms with Gasteiger partial charge in [-0.15, -0.1) is 12.4 Å². The summed E-state index contributed by atoms with van der Waals surface area (Å²) in [4.78, 5) is 13.9. The summed E-state index contributed by atoms with van der Waals surface area (Å²) in [6.07, 6.45) is 2.72. The summed E-state index contributed by atoms with van der Waals surface area (Å²) in [5.41, 5.74) is 0.947. The van der Waals surface area contributed by atoms with Gasteiger partial charge in [0.05, 0.1) is 7.11 Å². The van der Waals surface area contributed by atoms with E-state index in [1.54, 1.807) is 17.0 Å². The Morgan fingerprint density at radius 3 is 2.91 bits per heavy atom.